The first-order valence-corrected chi connectivity index (χ1v) is 11.3. The molecule has 0 atom stereocenters. The average molecular weight is 431 g/mol. The zero-order valence-corrected chi connectivity index (χ0v) is 18.8. The van der Waals surface area contributed by atoms with Gasteiger partial charge in [-0.1, -0.05) is 50.2 Å². The zero-order valence-electron chi connectivity index (χ0n) is 18.0. The summed E-state index contributed by atoms with van der Waals surface area (Å²) in [5, 5.41) is 4.00. The molecule has 0 saturated carbocycles. The van der Waals surface area contributed by atoms with Crippen LogP contribution in [0.25, 0.3) is 10.2 Å². The van der Waals surface area contributed by atoms with Crippen LogP contribution in [0.2, 0.25) is 0 Å². The van der Waals surface area contributed by atoms with Crippen molar-refractivity contribution in [2.24, 2.45) is 0 Å². The third kappa shape index (κ3) is 5.30. The van der Waals surface area contributed by atoms with Gasteiger partial charge in [-0.05, 0) is 59.9 Å². The van der Waals surface area contributed by atoms with Crippen LogP contribution in [0.5, 0.6) is 5.75 Å². The second-order valence-corrected chi connectivity index (χ2v) is 9.10. The van der Waals surface area contributed by atoms with Gasteiger partial charge in [0.15, 0.2) is 6.61 Å². The lowest BCUT2D eigenvalue weighted by Gasteiger charge is -2.15. The topological polar surface area (TPSA) is 51.2 Å². The molecule has 0 aliphatic rings. The van der Waals surface area contributed by atoms with Crippen LogP contribution in [0, 0.1) is 6.92 Å². The lowest BCUT2D eigenvalue weighted by Crippen LogP contribution is -2.20. The SMILES string of the molecule is Cc1ccc(C(C)C)c(OCC(=O)Nc2ccc(Cc3nc4ccccc4s3)cc2)c1. The van der Waals surface area contributed by atoms with E-state index in [1.165, 1.54) is 4.70 Å². The highest BCUT2D eigenvalue weighted by atomic mass is 32.1. The Hall–Kier alpha value is -3.18. The summed E-state index contributed by atoms with van der Waals surface area (Å²) in [6.45, 7) is 6.24. The Kier molecular flexibility index (Phi) is 6.33. The van der Waals surface area contributed by atoms with E-state index >= 15 is 0 Å². The largest absolute Gasteiger partial charge is 0.483 e. The maximum atomic E-state index is 12.4. The summed E-state index contributed by atoms with van der Waals surface area (Å²) >= 11 is 1.72. The molecular formula is C26H26N2O2S. The fourth-order valence-corrected chi connectivity index (χ4v) is 4.46. The van der Waals surface area contributed by atoms with E-state index < -0.39 is 0 Å². The highest BCUT2D eigenvalue weighted by Crippen LogP contribution is 2.27. The van der Waals surface area contributed by atoms with Crippen molar-refractivity contribution < 1.29 is 9.53 Å². The first kappa shape index (κ1) is 21.1. The van der Waals surface area contributed by atoms with Gasteiger partial charge in [-0.15, -0.1) is 11.3 Å². The molecule has 5 heteroatoms. The van der Waals surface area contributed by atoms with E-state index in [1.807, 2.05) is 55.5 Å². The fraction of sp³-hybridized carbons (Fsp3) is 0.231. The number of nitrogens with zero attached hydrogens (tertiary/aromatic N) is 1. The molecule has 4 aromatic rings. The Morgan fingerprint density at radius 3 is 2.58 bits per heavy atom. The number of carbonyl (C=O) groups is 1. The highest BCUT2D eigenvalue weighted by Gasteiger charge is 2.11. The molecule has 31 heavy (non-hydrogen) atoms. The number of rotatable bonds is 7. The molecule has 1 N–H and O–H groups in total. The molecule has 0 spiro atoms. The number of carbonyl (C=O) groups excluding carboxylic acids is 1. The molecular weight excluding hydrogens is 404 g/mol. The summed E-state index contributed by atoms with van der Waals surface area (Å²) in [7, 11) is 0. The number of ether oxygens (including phenoxy) is 1. The standard InChI is InChI=1S/C26H26N2O2S/c1-17(2)21-13-8-18(3)14-23(21)30-16-25(29)27-20-11-9-19(10-12-20)15-26-28-22-6-4-5-7-24(22)31-26/h4-14,17H,15-16H2,1-3H3,(H,27,29). The molecule has 0 unspecified atom stereocenters. The quantitative estimate of drug-likeness (QED) is 0.372. The smallest absolute Gasteiger partial charge is 0.262 e. The van der Waals surface area contributed by atoms with Gasteiger partial charge in [-0.2, -0.15) is 0 Å². The van der Waals surface area contributed by atoms with E-state index in [0.717, 1.165) is 45.1 Å². The van der Waals surface area contributed by atoms with Gasteiger partial charge >= 0.3 is 0 Å². The lowest BCUT2D eigenvalue weighted by atomic mass is 10.0. The van der Waals surface area contributed by atoms with Crippen molar-refractivity contribution in [1.29, 1.82) is 0 Å². The average Bonchev–Trinajstić information content (AvgIpc) is 3.16. The van der Waals surface area contributed by atoms with Crippen molar-refractivity contribution >= 4 is 33.1 Å². The number of benzene rings is 3. The lowest BCUT2D eigenvalue weighted by molar-refractivity contribution is -0.118. The molecule has 0 bridgehead atoms. The van der Waals surface area contributed by atoms with Crippen molar-refractivity contribution in [3.05, 3.63) is 88.4 Å². The van der Waals surface area contributed by atoms with Gasteiger partial charge in [0.05, 0.1) is 15.2 Å². The minimum absolute atomic E-state index is 0.0172. The molecule has 0 radical (unpaired) electrons. The summed E-state index contributed by atoms with van der Waals surface area (Å²) in [6, 6.07) is 22.2. The van der Waals surface area contributed by atoms with Crippen molar-refractivity contribution in [2.75, 3.05) is 11.9 Å². The normalized spacial score (nSPS) is 11.1. The number of aryl methyl sites for hydroxylation is 1. The van der Waals surface area contributed by atoms with Crippen LogP contribution < -0.4 is 10.1 Å². The van der Waals surface area contributed by atoms with Crippen LogP contribution >= 0.6 is 11.3 Å². The number of anilines is 1. The van der Waals surface area contributed by atoms with Crippen LogP contribution in [0.3, 0.4) is 0 Å². The third-order valence-corrected chi connectivity index (χ3v) is 6.12. The Morgan fingerprint density at radius 2 is 1.84 bits per heavy atom. The van der Waals surface area contributed by atoms with Crippen molar-refractivity contribution in [3.63, 3.8) is 0 Å². The fourth-order valence-electron chi connectivity index (χ4n) is 3.46. The molecule has 0 aliphatic heterocycles. The van der Waals surface area contributed by atoms with Gasteiger partial charge in [0.1, 0.15) is 5.75 Å². The number of fused-ring (bicyclic) bond motifs is 1. The zero-order chi connectivity index (χ0) is 21.8. The molecule has 3 aromatic carbocycles. The second-order valence-electron chi connectivity index (χ2n) is 7.98. The summed E-state index contributed by atoms with van der Waals surface area (Å²) < 4.78 is 7.03. The first-order valence-electron chi connectivity index (χ1n) is 10.4. The molecule has 4 rings (SSSR count). The van der Waals surface area contributed by atoms with Gasteiger partial charge in [-0.3, -0.25) is 4.79 Å². The van der Waals surface area contributed by atoms with E-state index in [-0.39, 0.29) is 12.5 Å². The first-order chi connectivity index (χ1) is 15.0. The Bertz CT molecular complexity index is 1160. The van der Waals surface area contributed by atoms with Gasteiger partial charge in [0.2, 0.25) is 0 Å². The maximum absolute atomic E-state index is 12.4. The van der Waals surface area contributed by atoms with Crippen LogP contribution in [0.4, 0.5) is 5.69 Å². The summed E-state index contributed by atoms with van der Waals surface area (Å²) in [4.78, 5) is 17.1. The molecule has 1 amide bonds. The Morgan fingerprint density at radius 1 is 1.06 bits per heavy atom. The molecule has 1 heterocycles. The van der Waals surface area contributed by atoms with Gasteiger partial charge in [0.25, 0.3) is 5.91 Å². The van der Waals surface area contributed by atoms with E-state index in [9.17, 15) is 4.79 Å². The summed E-state index contributed by atoms with van der Waals surface area (Å²) in [5.74, 6) is 0.938. The molecule has 0 saturated heterocycles. The van der Waals surface area contributed by atoms with Crippen LogP contribution in [-0.2, 0) is 11.2 Å². The monoisotopic (exact) mass is 430 g/mol. The van der Waals surface area contributed by atoms with Crippen LogP contribution in [0.1, 0.15) is 41.5 Å². The number of hydrogen-bond donors (Lipinski definition) is 1. The summed E-state index contributed by atoms with van der Waals surface area (Å²) in [6.07, 6.45) is 0.780. The van der Waals surface area contributed by atoms with Crippen molar-refractivity contribution in [1.82, 2.24) is 4.98 Å². The van der Waals surface area contributed by atoms with Gasteiger partial charge in [0, 0.05) is 12.1 Å². The minimum Gasteiger partial charge on any atom is -0.483 e. The summed E-state index contributed by atoms with van der Waals surface area (Å²) in [5.41, 5.74) is 5.19. The molecule has 0 aliphatic carbocycles. The van der Waals surface area contributed by atoms with Gasteiger partial charge < -0.3 is 10.1 Å². The van der Waals surface area contributed by atoms with Crippen molar-refractivity contribution in [3.8, 4) is 5.75 Å². The Balaban J connectivity index is 1.34. The van der Waals surface area contributed by atoms with Crippen LogP contribution in [0.15, 0.2) is 66.7 Å². The van der Waals surface area contributed by atoms with E-state index in [0.29, 0.717) is 5.92 Å². The molecule has 0 fully saturated rings. The van der Waals surface area contributed by atoms with Crippen LogP contribution in [-0.4, -0.2) is 17.5 Å². The van der Waals surface area contributed by atoms with E-state index in [2.05, 4.69) is 42.3 Å². The minimum atomic E-state index is -0.171. The Labute approximate surface area is 186 Å². The van der Waals surface area contributed by atoms with E-state index in [1.54, 1.807) is 11.3 Å². The predicted octanol–water partition coefficient (Wildman–Crippen LogP) is 6.34. The van der Waals surface area contributed by atoms with Gasteiger partial charge in [-0.25, -0.2) is 4.98 Å². The number of thiazole rings is 1. The molecule has 158 valence electrons. The number of aromatic nitrogens is 1. The predicted molar refractivity (Wildman–Crippen MR) is 128 cm³/mol. The maximum Gasteiger partial charge on any atom is 0.262 e. The number of nitrogens with one attached hydrogen (secondary N) is 1. The van der Waals surface area contributed by atoms with Crippen molar-refractivity contribution in [2.45, 2.75) is 33.1 Å². The molecule has 1 aromatic heterocycles. The highest BCUT2D eigenvalue weighted by molar-refractivity contribution is 7.18. The number of para-hydroxylation sites is 1. The second kappa shape index (κ2) is 9.31. The van der Waals surface area contributed by atoms with E-state index in [4.69, 9.17) is 4.74 Å². The molecule has 4 nitrogen and oxygen atoms in total. The number of hydrogen-bond acceptors (Lipinski definition) is 4. The number of amides is 1. The third-order valence-electron chi connectivity index (χ3n) is 5.08.